The summed E-state index contributed by atoms with van der Waals surface area (Å²) in [7, 11) is 3.08. The molecule has 1 unspecified atom stereocenters. The highest BCUT2D eigenvalue weighted by Crippen LogP contribution is 2.43. The second kappa shape index (κ2) is 14.5. The van der Waals surface area contributed by atoms with Crippen LogP contribution in [0, 0.1) is 0 Å². The molecule has 5 heterocycles. The van der Waals surface area contributed by atoms with Crippen LogP contribution in [-0.4, -0.2) is 112 Å². The highest BCUT2D eigenvalue weighted by atomic mass is 79.9. The molecule has 2 N–H and O–H groups in total. The zero-order valence-electron chi connectivity index (χ0n) is 30.0. The molecule has 0 radical (unpaired) electrons. The van der Waals surface area contributed by atoms with Crippen molar-refractivity contribution in [2.75, 3.05) is 75.7 Å². The van der Waals surface area contributed by atoms with E-state index < -0.39 is 7.14 Å². The molecule has 0 aliphatic carbocycles. The molecule has 15 heteroatoms. The van der Waals surface area contributed by atoms with Crippen molar-refractivity contribution in [3.63, 3.8) is 0 Å². The van der Waals surface area contributed by atoms with Gasteiger partial charge in [0.15, 0.2) is 0 Å². The highest BCUT2D eigenvalue weighted by molar-refractivity contribution is 9.10. The van der Waals surface area contributed by atoms with Crippen LogP contribution in [0.4, 0.5) is 28.8 Å². The van der Waals surface area contributed by atoms with Crippen molar-refractivity contribution in [1.82, 2.24) is 39.5 Å². The summed E-state index contributed by atoms with van der Waals surface area (Å²) in [6.45, 7) is 11.1. The molecular weight excluding hydrogens is 729 g/mol. The van der Waals surface area contributed by atoms with E-state index in [0.717, 1.165) is 68.1 Å². The van der Waals surface area contributed by atoms with Crippen LogP contribution in [0.3, 0.4) is 0 Å². The number of aromatic nitrogens is 6. The lowest BCUT2D eigenvalue weighted by molar-refractivity contribution is 0.0627. The maximum Gasteiger partial charge on any atom is 0.229 e. The Morgan fingerprint density at radius 1 is 0.961 bits per heavy atom. The van der Waals surface area contributed by atoms with Gasteiger partial charge in [-0.3, -0.25) is 19.5 Å². The first kappa shape index (κ1) is 35.3. The highest BCUT2D eigenvalue weighted by Gasteiger charge is 2.31. The Hall–Kier alpha value is -4.10. The van der Waals surface area contributed by atoms with Crippen molar-refractivity contribution < 1.29 is 9.30 Å². The molecule has 0 saturated carbocycles. The molecule has 2 aliphatic heterocycles. The molecule has 2 saturated heterocycles. The zero-order chi connectivity index (χ0) is 35.9. The Bertz CT molecular complexity index is 2100. The second-order valence-corrected chi connectivity index (χ2v) is 17.9. The van der Waals surface area contributed by atoms with E-state index in [2.05, 4.69) is 87.4 Å². The maximum absolute atomic E-state index is 13.5. The van der Waals surface area contributed by atoms with Gasteiger partial charge in [0.05, 0.1) is 40.0 Å². The first-order chi connectivity index (χ1) is 24.5. The van der Waals surface area contributed by atoms with E-state index in [1.54, 1.807) is 39.0 Å². The Kier molecular flexibility index (Phi) is 10.0. The van der Waals surface area contributed by atoms with Crippen LogP contribution in [-0.2, 0) is 11.6 Å². The number of likely N-dealkylation sites (N-methyl/N-ethyl adjacent to an activating group) is 1. The fourth-order valence-corrected chi connectivity index (χ4v) is 8.88. The fourth-order valence-electron chi connectivity index (χ4n) is 7.20. The maximum atomic E-state index is 13.5. The average Bonchev–Trinajstić information content (AvgIpc) is 3.56. The Morgan fingerprint density at radius 3 is 2.45 bits per heavy atom. The monoisotopic (exact) mass is 773 g/mol. The van der Waals surface area contributed by atoms with Crippen LogP contribution < -0.4 is 25.6 Å². The number of halogens is 1. The summed E-state index contributed by atoms with van der Waals surface area (Å²) < 4.78 is 22.0. The average molecular weight is 775 g/mol. The standard InChI is InChI=1S/C36H45BrN11O2P/c1-23-21-48(16-15-45(23)2)25-9-13-47(14-10-25)31-18-32(50-4)30(17-26(31)24-19-41-46(3)22-24)43-36-40-20-27(37)35(44-36)42-29-8-7-28-33(39-12-11-38-28)34(29)51(5,6)49/h7-8,11-12,17-20,22-23,25H,9-10,13-16,21H2,1-6H3,(H2,40,42,43,44). The molecular formula is C36H45BrN11O2P. The lowest BCUT2D eigenvalue weighted by Crippen LogP contribution is -2.55. The molecule has 2 aliphatic rings. The van der Waals surface area contributed by atoms with Crippen molar-refractivity contribution in [3.05, 3.63) is 59.7 Å². The summed E-state index contributed by atoms with van der Waals surface area (Å²) in [5, 5.41) is 11.9. The van der Waals surface area contributed by atoms with Crippen LogP contribution in [0.1, 0.15) is 19.8 Å². The van der Waals surface area contributed by atoms with Crippen LogP contribution in [0.5, 0.6) is 5.75 Å². The summed E-state index contributed by atoms with van der Waals surface area (Å²) in [5.74, 6) is 1.55. The third-order valence-corrected chi connectivity index (χ3v) is 12.2. The Morgan fingerprint density at radius 2 is 1.75 bits per heavy atom. The topological polar surface area (TPSA) is 129 Å². The minimum atomic E-state index is -2.77. The normalized spacial score (nSPS) is 17.9. The van der Waals surface area contributed by atoms with Gasteiger partial charge in [-0.15, -0.1) is 0 Å². The predicted octanol–water partition coefficient (Wildman–Crippen LogP) is 5.93. The smallest absolute Gasteiger partial charge is 0.229 e. The number of nitrogens with one attached hydrogen (secondary N) is 2. The molecule has 268 valence electrons. The van der Waals surface area contributed by atoms with Crippen LogP contribution >= 0.6 is 23.1 Å². The minimum absolute atomic E-state index is 0.365. The molecule has 13 nitrogen and oxygen atoms in total. The SMILES string of the molecule is COc1cc(N2CCC(N3CCN(C)C(C)C3)CC2)c(-c2cnn(C)c2)cc1Nc1ncc(Br)c(Nc2ccc3nccnc3c2P(C)(C)=O)n1. The van der Waals surface area contributed by atoms with Gasteiger partial charge in [0, 0.05) is 99.5 Å². The van der Waals surface area contributed by atoms with E-state index >= 15 is 0 Å². The lowest BCUT2D eigenvalue weighted by Gasteiger charge is -2.45. The number of piperazine rings is 1. The molecule has 5 aromatic rings. The van der Waals surface area contributed by atoms with Gasteiger partial charge in [0.2, 0.25) is 5.95 Å². The number of methoxy groups -OCH3 is 1. The number of ether oxygens (including phenoxy) is 1. The van der Waals surface area contributed by atoms with Crippen LogP contribution in [0.2, 0.25) is 0 Å². The molecule has 1 atom stereocenters. The number of nitrogens with zero attached hydrogens (tertiary/aromatic N) is 9. The molecule has 2 fully saturated rings. The number of rotatable bonds is 9. The van der Waals surface area contributed by atoms with Gasteiger partial charge in [0.1, 0.15) is 24.2 Å². The summed E-state index contributed by atoms with van der Waals surface area (Å²) in [6, 6.07) is 9.12. The largest absolute Gasteiger partial charge is 0.494 e. The Balaban J connectivity index is 1.18. The van der Waals surface area contributed by atoms with Crippen molar-refractivity contribution >= 4 is 68.2 Å². The third kappa shape index (κ3) is 7.46. The first-order valence-electron chi connectivity index (χ1n) is 17.2. The number of hydrogen-bond acceptors (Lipinski definition) is 12. The van der Waals surface area contributed by atoms with Gasteiger partial charge in [0.25, 0.3) is 0 Å². The van der Waals surface area contributed by atoms with E-state index in [4.69, 9.17) is 9.72 Å². The van der Waals surface area contributed by atoms with Gasteiger partial charge in [-0.1, -0.05) is 0 Å². The molecule has 51 heavy (non-hydrogen) atoms. The van der Waals surface area contributed by atoms with Crippen LogP contribution in [0.25, 0.3) is 22.2 Å². The summed E-state index contributed by atoms with van der Waals surface area (Å²) in [6.07, 6.45) is 11.1. The molecule has 7 rings (SSSR count). The van der Waals surface area contributed by atoms with Gasteiger partial charge < -0.3 is 29.7 Å². The van der Waals surface area contributed by atoms with Crippen molar-refractivity contribution in [2.24, 2.45) is 7.05 Å². The summed E-state index contributed by atoms with van der Waals surface area (Å²) >= 11 is 3.60. The van der Waals surface area contributed by atoms with E-state index in [1.807, 2.05) is 36.3 Å². The lowest BCUT2D eigenvalue weighted by atomic mass is 9.98. The Labute approximate surface area is 307 Å². The third-order valence-electron chi connectivity index (χ3n) is 10.0. The summed E-state index contributed by atoms with van der Waals surface area (Å²) in [5.41, 5.74) is 5.84. The number of aryl methyl sites for hydroxylation is 1. The van der Waals surface area contributed by atoms with E-state index in [1.165, 1.54) is 0 Å². The van der Waals surface area contributed by atoms with Gasteiger partial charge in [-0.25, -0.2) is 4.98 Å². The van der Waals surface area contributed by atoms with Crippen molar-refractivity contribution in [3.8, 4) is 16.9 Å². The van der Waals surface area contributed by atoms with Gasteiger partial charge in [-0.05, 0) is 74.3 Å². The van der Waals surface area contributed by atoms with Gasteiger partial charge >= 0.3 is 0 Å². The van der Waals surface area contributed by atoms with Crippen molar-refractivity contribution in [2.45, 2.75) is 31.8 Å². The first-order valence-corrected chi connectivity index (χ1v) is 20.6. The quantitative estimate of drug-likeness (QED) is 0.172. The molecule has 0 bridgehead atoms. The van der Waals surface area contributed by atoms with E-state index in [0.29, 0.717) is 56.1 Å². The number of hydrogen-bond donors (Lipinski definition) is 2. The van der Waals surface area contributed by atoms with Crippen LogP contribution in [0.15, 0.2) is 59.7 Å². The predicted molar refractivity (Wildman–Crippen MR) is 209 cm³/mol. The zero-order valence-corrected chi connectivity index (χ0v) is 32.4. The second-order valence-electron chi connectivity index (χ2n) is 13.9. The minimum Gasteiger partial charge on any atom is -0.494 e. The summed E-state index contributed by atoms with van der Waals surface area (Å²) in [4.78, 5) is 26.0. The van der Waals surface area contributed by atoms with E-state index in [-0.39, 0.29) is 0 Å². The molecule has 0 amide bonds. The molecule has 0 spiro atoms. The van der Waals surface area contributed by atoms with Crippen molar-refractivity contribution in [1.29, 1.82) is 0 Å². The van der Waals surface area contributed by atoms with E-state index in [9.17, 15) is 4.57 Å². The fraction of sp³-hybridized carbons (Fsp3) is 0.417. The number of anilines is 5. The number of fused-ring (bicyclic) bond motifs is 1. The molecule has 3 aromatic heterocycles. The number of piperidine rings is 1. The van der Waals surface area contributed by atoms with Gasteiger partial charge in [-0.2, -0.15) is 10.1 Å². The number of benzene rings is 2. The molecule has 2 aromatic carbocycles.